The number of benzene rings is 1. The maximum absolute atomic E-state index is 12.1. The Morgan fingerprint density at radius 1 is 1.14 bits per heavy atom. The summed E-state index contributed by atoms with van der Waals surface area (Å²) in [6.45, 7) is 1.36. The van der Waals surface area contributed by atoms with Crippen molar-refractivity contribution in [2.24, 2.45) is 0 Å². The van der Waals surface area contributed by atoms with E-state index in [9.17, 15) is 8.42 Å². The van der Waals surface area contributed by atoms with E-state index in [4.69, 9.17) is 21.1 Å². The molecule has 1 saturated heterocycles. The van der Waals surface area contributed by atoms with Crippen molar-refractivity contribution in [2.75, 3.05) is 57.8 Å². The Morgan fingerprint density at radius 2 is 1.82 bits per heavy atom. The number of aromatic nitrogens is 2. The molecule has 3 rings (SSSR count). The van der Waals surface area contributed by atoms with Crippen LogP contribution in [0.4, 0.5) is 5.82 Å². The van der Waals surface area contributed by atoms with Crippen LogP contribution < -0.4 is 14.4 Å². The van der Waals surface area contributed by atoms with E-state index in [0.717, 1.165) is 11.9 Å². The summed E-state index contributed by atoms with van der Waals surface area (Å²) >= 11 is 6.21. The molecule has 28 heavy (non-hydrogen) atoms. The second-order valence-corrected chi connectivity index (χ2v) is 9.66. The fraction of sp³-hybridized carbons (Fsp3) is 0.556. The van der Waals surface area contributed by atoms with Crippen LogP contribution in [0.2, 0.25) is 5.28 Å². The maximum atomic E-state index is 12.1. The highest BCUT2D eigenvalue weighted by Gasteiger charge is 2.34. The Morgan fingerprint density at radius 3 is 2.39 bits per heavy atom. The molecule has 1 aromatic heterocycles. The SMILES string of the molecule is COc1cc2nc(Cl)nc(N(CCN(C)C)C3CCS(=O)(=O)C3)c2cc1OC. The van der Waals surface area contributed by atoms with Gasteiger partial charge in [0.1, 0.15) is 5.82 Å². The molecule has 0 spiro atoms. The number of ether oxygens (including phenoxy) is 2. The van der Waals surface area contributed by atoms with Crippen LogP contribution in [0.25, 0.3) is 10.9 Å². The van der Waals surface area contributed by atoms with Gasteiger partial charge in [-0.2, -0.15) is 4.98 Å². The van der Waals surface area contributed by atoms with Crippen LogP contribution in [-0.4, -0.2) is 82.2 Å². The van der Waals surface area contributed by atoms with Gasteiger partial charge in [-0.1, -0.05) is 0 Å². The molecule has 154 valence electrons. The van der Waals surface area contributed by atoms with Gasteiger partial charge >= 0.3 is 0 Å². The number of halogens is 1. The molecule has 1 aliphatic rings. The topological polar surface area (TPSA) is 84.9 Å². The van der Waals surface area contributed by atoms with Gasteiger partial charge in [0, 0.05) is 30.6 Å². The Bertz CT molecular complexity index is 968. The van der Waals surface area contributed by atoms with Gasteiger partial charge in [0.05, 0.1) is 31.2 Å². The molecule has 2 heterocycles. The average molecular weight is 429 g/mol. The molecule has 0 amide bonds. The normalized spacial score (nSPS) is 18.6. The minimum atomic E-state index is -3.05. The van der Waals surface area contributed by atoms with Gasteiger partial charge in [-0.15, -0.1) is 0 Å². The van der Waals surface area contributed by atoms with Crippen LogP contribution in [0.3, 0.4) is 0 Å². The fourth-order valence-corrected chi connectivity index (χ4v) is 5.32. The van der Waals surface area contributed by atoms with E-state index in [1.54, 1.807) is 20.3 Å². The van der Waals surface area contributed by atoms with Gasteiger partial charge in [0.25, 0.3) is 0 Å². The quantitative estimate of drug-likeness (QED) is 0.618. The second-order valence-electron chi connectivity index (χ2n) is 7.09. The van der Waals surface area contributed by atoms with Crippen LogP contribution in [0.5, 0.6) is 11.5 Å². The summed E-state index contributed by atoms with van der Waals surface area (Å²) < 4.78 is 35.0. The highest BCUT2D eigenvalue weighted by Crippen LogP contribution is 2.37. The van der Waals surface area contributed by atoms with Crippen LogP contribution in [0.15, 0.2) is 12.1 Å². The van der Waals surface area contributed by atoms with Crippen molar-refractivity contribution in [3.8, 4) is 11.5 Å². The number of rotatable bonds is 7. The first-order chi connectivity index (χ1) is 13.2. The van der Waals surface area contributed by atoms with E-state index in [1.807, 2.05) is 30.0 Å². The lowest BCUT2D eigenvalue weighted by atomic mass is 10.1. The fourth-order valence-electron chi connectivity index (χ4n) is 3.42. The summed E-state index contributed by atoms with van der Waals surface area (Å²) in [5.41, 5.74) is 0.614. The average Bonchev–Trinajstić information content (AvgIpc) is 2.99. The van der Waals surface area contributed by atoms with E-state index in [2.05, 4.69) is 9.97 Å². The molecule has 0 aliphatic carbocycles. The predicted molar refractivity (Wildman–Crippen MR) is 111 cm³/mol. The molecule has 8 nitrogen and oxygen atoms in total. The summed E-state index contributed by atoms with van der Waals surface area (Å²) in [7, 11) is 4.02. The smallest absolute Gasteiger partial charge is 0.224 e. The molecule has 0 bridgehead atoms. The van der Waals surface area contributed by atoms with Gasteiger partial charge < -0.3 is 19.3 Å². The number of likely N-dealkylation sites (N-methyl/N-ethyl adjacent to an activating group) is 1. The van der Waals surface area contributed by atoms with Gasteiger partial charge in [0.2, 0.25) is 5.28 Å². The predicted octanol–water partition coefficient (Wildman–Crippen LogP) is 1.86. The van der Waals surface area contributed by atoms with Crippen molar-refractivity contribution < 1.29 is 17.9 Å². The first-order valence-electron chi connectivity index (χ1n) is 8.95. The monoisotopic (exact) mass is 428 g/mol. The lowest BCUT2D eigenvalue weighted by molar-refractivity contribution is 0.355. The highest BCUT2D eigenvalue weighted by molar-refractivity contribution is 7.91. The standard InChI is InChI=1S/C18H25ClN4O4S/c1-22(2)6-7-23(12-5-8-28(24,25)11-12)17-13-9-15(26-3)16(27-4)10-14(13)20-18(19)21-17/h9-10,12H,5-8,11H2,1-4H3. The lowest BCUT2D eigenvalue weighted by Crippen LogP contribution is -2.41. The zero-order valence-electron chi connectivity index (χ0n) is 16.5. The molecule has 1 aliphatic heterocycles. The van der Waals surface area contributed by atoms with Gasteiger partial charge in [0.15, 0.2) is 21.3 Å². The number of nitrogens with zero attached hydrogens (tertiary/aromatic N) is 4. The molecule has 0 saturated carbocycles. The Kier molecular flexibility index (Phi) is 6.16. The molecule has 1 unspecified atom stereocenters. The zero-order chi connectivity index (χ0) is 20.5. The van der Waals surface area contributed by atoms with E-state index < -0.39 is 9.84 Å². The van der Waals surface area contributed by atoms with E-state index in [1.165, 1.54) is 0 Å². The van der Waals surface area contributed by atoms with Crippen LogP contribution in [-0.2, 0) is 9.84 Å². The Hall–Kier alpha value is -1.84. The zero-order valence-corrected chi connectivity index (χ0v) is 18.0. The number of hydrogen-bond acceptors (Lipinski definition) is 8. The van der Waals surface area contributed by atoms with Crippen molar-refractivity contribution in [1.82, 2.24) is 14.9 Å². The van der Waals surface area contributed by atoms with Crippen molar-refractivity contribution in [3.05, 3.63) is 17.4 Å². The summed E-state index contributed by atoms with van der Waals surface area (Å²) in [5.74, 6) is 1.99. The lowest BCUT2D eigenvalue weighted by Gasteiger charge is -2.31. The first-order valence-corrected chi connectivity index (χ1v) is 11.1. The third-order valence-corrected chi connectivity index (χ3v) is 6.78. The molecule has 0 radical (unpaired) electrons. The maximum Gasteiger partial charge on any atom is 0.224 e. The largest absolute Gasteiger partial charge is 0.493 e. The van der Waals surface area contributed by atoms with E-state index in [0.29, 0.717) is 35.8 Å². The Balaban J connectivity index is 2.14. The minimum Gasteiger partial charge on any atom is -0.493 e. The highest BCUT2D eigenvalue weighted by atomic mass is 35.5. The van der Waals surface area contributed by atoms with Crippen molar-refractivity contribution in [1.29, 1.82) is 0 Å². The molecule has 1 fully saturated rings. The number of fused-ring (bicyclic) bond motifs is 1. The molecule has 1 atom stereocenters. The van der Waals surface area contributed by atoms with Gasteiger partial charge in [-0.05, 0) is 38.2 Å². The number of methoxy groups -OCH3 is 2. The summed E-state index contributed by atoms with van der Waals surface area (Å²) in [4.78, 5) is 12.9. The van der Waals surface area contributed by atoms with Crippen LogP contribution >= 0.6 is 11.6 Å². The van der Waals surface area contributed by atoms with Crippen LogP contribution in [0.1, 0.15) is 6.42 Å². The van der Waals surface area contributed by atoms with Gasteiger partial charge in [-0.3, -0.25) is 0 Å². The molecule has 2 aromatic rings. The van der Waals surface area contributed by atoms with Crippen molar-refractivity contribution in [2.45, 2.75) is 12.5 Å². The molecule has 0 N–H and O–H groups in total. The molecule has 1 aromatic carbocycles. The van der Waals surface area contributed by atoms with Gasteiger partial charge in [-0.25, -0.2) is 13.4 Å². The molecular weight excluding hydrogens is 404 g/mol. The first kappa shape index (κ1) is 20.9. The second kappa shape index (κ2) is 8.26. The molecule has 10 heteroatoms. The van der Waals surface area contributed by atoms with E-state index >= 15 is 0 Å². The summed E-state index contributed by atoms with van der Waals surface area (Å²) in [5, 5.41) is 0.843. The van der Waals surface area contributed by atoms with Crippen molar-refractivity contribution in [3.63, 3.8) is 0 Å². The number of sulfone groups is 1. The van der Waals surface area contributed by atoms with Crippen LogP contribution in [0, 0.1) is 0 Å². The number of anilines is 1. The summed E-state index contributed by atoms with van der Waals surface area (Å²) in [6, 6.07) is 3.40. The summed E-state index contributed by atoms with van der Waals surface area (Å²) in [6.07, 6.45) is 0.562. The Labute approximate surface area is 170 Å². The third kappa shape index (κ3) is 4.42. The van der Waals surface area contributed by atoms with Crippen molar-refractivity contribution >= 4 is 38.2 Å². The third-order valence-electron chi connectivity index (χ3n) is 4.86. The minimum absolute atomic E-state index is 0.102. The van der Waals surface area contributed by atoms with E-state index in [-0.39, 0.29) is 22.8 Å². The molecular formula is C18H25ClN4O4S. The number of hydrogen-bond donors (Lipinski definition) is 0.